The van der Waals surface area contributed by atoms with Crippen LogP contribution in [0.25, 0.3) is 0 Å². The molecule has 0 aliphatic carbocycles. The highest BCUT2D eigenvalue weighted by Crippen LogP contribution is 2.45. The molecule has 0 spiro atoms. The van der Waals surface area contributed by atoms with Crippen LogP contribution in [0.2, 0.25) is 0 Å². The number of nitrogens with two attached hydrogens (primary N) is 1. The Labute approximate surface area is 139 Å². The molecule has 9 heteroatoms. The third kappa shape index (κ3) is 2.49. The van der Waals surface area contributed by atoms with Crippen LogP contribution in [0.1, 0.15) is 19.8 Å². The van der Waals surface area contributed by atoms with Gasteiger partial charge in [0.25, 0.3) is 0 Å². The van der Waals surface area contributed by atoms with E-state index in [1.54, 1.807) is 4.90 Å². The van der Waals surface area contributed by atoms with Crippen LogP contribution in [-0.4, -0.2) is 62.6 Å². The third-order valence-corrected chi connectivity index (χ3v) is 4.60. The second-order valence-electron chi connectivity index (χ2n) is 6.30. The Hall–Kier alpha value is -1.94. The van der Waals surface area contributed by atoms with Gasteiger partial charge in [0.2, 0.25) is 0 Å². The molecule has 2 aliphatic heterocycles. The van der Waals surface area contributed by atoms with Gasteiger partial charge in [-0.25, -0.2) is 9.97 Å². The molecular formula is C15H23N5O4. The lowest BCUT2D eigenvalue weighted by Gasteiger charge is -2.41. The van der Waals surface area contributed by atoms with Crippen molar-refractivity contribution in [3.63, 3.8) is 0 Å². The first-order chi connectivity index (χ1) is 11.4. The Morgan fingerprint density at radius 3 is 2.92 bits per heavy atom. The lowest BCUT2D eigenvalue weighted by atomic mass is 9.94. The van der Waals surface area contributed by atoms with Gasteiger partial charge in [0.05, 0.1) is 13.3 Å². The summed E-state index contributed by atoms with van der Waals surface area (Å²) in [6.45, 7) is 5.66. The fraction of sp³-hybridized carbons (Fsp3) is 0.600. The number of fused-ring (bicyclic) bond motifs is 1. The zero-order valence-corrected chi connectivity index (χ0v) is 13.5. The van der Waals surface area contributed by atoms with Crippen molar-refractivity contribution in [3.05, 3.63) is 18.5 Å². The molecule has 0 amide bonds. The molecule has 0 radical (unpaired) electrons. The number of nitrogen functional groups attached to an aromatic ring is 1. The van der Waals surface area contributed by atoms with Crippen molar-refractivity contribution in [1.29, 1.82) is 0 Å². The van der Waals surface area contributed by atoms with Gasteiger partial charge in [-0.15, -0.1) is 6.58 Å². The first-order valence-electron chi connectivity index (χ1n) is 7.82. The summed E-state index contributed by atoms with van der Waals surface area (Å²) in [5.41, 5.74) is 6.10. The monoisotopic (exact) mass is 337 g/mol. The molecule has 1 saturated heterocycles. The van der Waals surface area contributed by atoms with Crippen LogP contribution in [0.15, 0.2) is 18.5 Å². The molecule has 132 valence electrons. The van der Waals surface area contributed by atoms with Crippen LogP contribution in [0.5, 0.6) is 0 Å². The molecule has 2 aliphatic rings. The van der Waals surface area contributed by atoms with Gasteiger partial charge in [-0.1, -0.05) is 5.57 Å². The topological polar surface area (TPSA) is 137 Å². The fourth-order valence-corrected chi connectivity index (χ4v) is 3.28. The minimum absolute atomic E-state index is 0.288. The van der Waals surface area contributed by atoms with Gasteiger partial charge in [-0.05, 0) is 13.3 Å². The average molecular weight is 337 g/mol. The largest absolute Gasteiger partial charge is 0.394 e. The first kappa shape index (κ1) is 16.9. The number of aliphatic hydroxyl groups is 3. The second-order valence-corrected chi connectivity index (χ2v) is 6.30. The fourth-order valence-electron chi connectivity index (χ4n) is 3.28. The van der Waals surface area contributed by atoms with Gasteiger partial charge in [0.15, 0.2) is 17.4 Å². The highest BCUT2D eigenvalue weighted by atomic mass is 16.6. The maximum Gasteiger partial charge on any atom is 0.173 e. The molecule has 1 aromatic heterocycles. The van der Waals surface area contributed by atoms with E-state index in [2.05, 4.69) is 21.9 Å². The highest BCUT2D eigenvalue weighted by Gasteiger charge is 2.58. The number of hydrogen-bond donors (Lipinski definition) is 5. The number of allylic oxidation sites excluding steroid dienone is 1. The SMILES string of the molecule is C=C(C)CC[C@@]1(N2CNc3c(N)ncnc32)O[C@H](CO)[C@@H](O)[C@H]1O. The molecule has 24 heavy (non-hydrogen) atoms. The van der Waals surface area contributed by atoms with Gasteiger partial charge in [-0.2, -0.15) is 0 Å². The van der Waals surface area contributed by atoms with Crippen LogP contribution in [0, 0.1) is 0 Å². The molecule has 0 bridgehead atoms. The Morgan fingerprint density at radius 2 is 2.29 bits per heavy atom. The predicted molar refractivity (Wildman–Crippen MR) is 88.2 cm³/mol. The lowest BCUT2D eigenvalue weighted by molar-refractivity contribution is -0.0970. The maximum absolute atomic E-state index is 10.7. The summed E-state index contributed by atoms with van der Waals surface area (Å²) in [5, 5.41) is 33.5. The van der Waals surface area contributed by atoms with Gasteiger partial charge in [-0.3, -0.25) is 0 Å². The summed E-state index contributed by atoms with van der Waals surface area (Å²) in [6.07, 6.45) is -1.02. The summed E-state index contributed by atoms with van der Waals surface area (Å²) in [6, 6.07) is 0. The first-order valence-corrected chi connectivity index (χ1v) is 7.82. The van der Waals surface area contributed by atoms with E-state index in [4.69, 9.17) is 10.5 Å². The van der Waals surface area contributed by atoms with Crippen molar-refractivity contribution >= 4 is 17.3 Å². The summed E-state index contributed by atoms with van der Waals surface area (Å²) in [5.74, 6) is 0.790. The number of ether oxygens (including phenoxy) is 1. The molecule has 0 unspecified atom stereocenters. The van der Waals surface area contributed by atoms with Crippen molar-refractivity contribution in [1.82, 2.24) is 9.97 Å². The number of nitrogens with one attached hydrogen (secondary N) is 1. The van der Waals surface area contributed by atoms with E-state index in [1.165, 1.54) is 6.33 Å². The smallest absolute Gasteiger partial charge is 0.173 e. The van der Waals surface area contributed by atoms with Crippen molar-refractivity contribution in [2.75, 3.05) is 29.2 Å². The van der Waals surface area contributed by atoms with E-state index < -0.39 is 30.6 Å². The minimum Gasteiger partial charge on any atom is -0.394 e. The Kier molecular flexibility index (Phi) is 4.35. The van der Waals surface area contributed by atoms with E-state index in [9.17, 15) is 15.3 Å². The van der Waals surface area contributed by atoms with E-state index in [-0.39, 0.29) is 6.67 Å². The van der Waals surface area contributed by atoms with Crippen molar-refractivity contribution in [2.45, 2.75) is 43.8 Å². The summed E-state index contributed by atoms with van der Waals surface area (Å²) in [7, 11) is 0. The second kappa shape index (κ2) is 6.17. The van der Waals surface area contributed by atoms with Crippen LogP contribution in [0.4, 0.5) is 17.3 Å². The Balaban J connectivity index is 2.01. The number of nitrogens with zero attached hydrogens (tertiary/aromatic N) is 3. The molecule has 0 saturated carbocycles. The lowest BCUT2D eigenvalue weighted by Crippen LogP contribution is -2.57. The van der Waals surface area contributed by atoms with Gasteiger partial charge >= 0.3 is 0 Å². The molecule has 0 aromatic carbocycles. The molecule has 6 N–H and O–H groups in total. The van der Waals surface area contributed by atoms with Gasteiger partial charge in [0, 0.05) is 6.42 Å². The number of anilines is 3. The normalized spacial score (nSPS) is 31.8. The van der Waals surface area contributed by atoms with E-state index >= 15 is 0 Å². The average Bonchev–Trinajstić information content (AvgIpc) is 3.09. The van der Waals surface area contributed by atoms with Crippen molar-refractivity contribution in [3.8, 4) is 0 Å². The molecule has 4 atom stereocenters. The van der Waals surface area contributed by atoms with Gasteiger partial charge in [0.1, 0.15) is 30.3 Å². The number of aromatic nitrogens is 2. The summed E-state index contributed by atoms with van der Waals surface area (Å²) >= 11 is 0. The van der Waals surface area contributed by atoms with E-state index in [1.807, 2.05) is 6.92 Å². The Morgan fingerprint density at radius 1 is 1.54 bits per heavy atom. The third-order valence-electron chi connectivity index (χ3n) is 4.60. The van der Waals surface area contributed by atoms with Crippen LogP contribution >= 0.6 is 0 Å². The molecule has 9 nitrogen and oxygen atoms in total. The maximum atomic E-state index is 10.7. The van der Waals surface area contributed by atoms with Gasteiger partial charge < -0.3 is 36.0 Å². The summed E-state index contributed by atoms with van der Waals surface area (Å²) in [4.78, 5) is 9.92. The van der Waals surface area contributed by atoms with E-state index in [0.29, 0.717) is 30.2 Å². The quantitative estimate of drug-likeness (QED) is 0.447. The van der Waals surface area contributed by atoms with Crippen LogP contribution in [-0.2, 0) is 4.74 Å². The highest BCUT2D eigenvalue weighted by molar-refractivity contribution is 5.80. The zero-order valence-electron chi connectivity index (χ0n) is 13.5. The molecule has 1 aromatic rings. The number of hydrogen-bond acceptors (Lipinski definition) is 9. The van der Waals surface area contributed by atoms with E-state index in [0.717, 1.165) is 5.57 Å². The molecule has 1 fully saturated rings. The number of aliphatic hydroxyl groups excluding tert-OH is 3. The predicted octanol–water partition coefficient (Wildman–Crippen LogP) is -0.586. The molecular weight excluding hydrogens is 314 g/mol. The van der Waals surface area contributed by atoms with Crippen molar-refractivity contribution < 1.29 is 20.1 Å². The minimum atomic E-state index is -1.25. The number of rotatable bonds is 5. The Bertz CT molecular complexity index is 642. The summed E-state index contributed by atoms with van der Waals surface area (Å²) < 4.78 is 5.95. The molecule has 3 heterocycles. The van der Waals surface area contributed by atoms with Crippen LogP contribution < -0.4 is 16.0 Å². The zero-order chi connectivity index (χ0) is 17.5. The standard InChI is InChI=1S/C15H23N5O4/c1-8(2)3-4-15(12(23)11(22)9(5-21)24-15)20-7-19-10-13(16)17-6-18-14(10)20/h6,9,11-12,19,21-23H,1,3-5,7H2,2H3,(H2,16,17,18)/t9-,11-,12-,15-/m1/s1. The van der Waals surface area contributed by atoms with Crippen molar-refractivity contribution in [2.24, 2.45) is 0 Å². The molecule has 3 rings (SSSR count). The van der Waals surface area contributed by atoms with Crippen LogP contribution in [0.3, 0.4) is 0 Å².